The minimum Gasteiger partial charge on any atom is -0.355 e. The van der Waals surface area contributed by atoms with E-state index in [4.69, 9.17) is 0 Å². The second kappa shape index (κ2) is 8.14. The van der Waals surface area contributed by atoms with Crippen molar-refractivity contribution in [2.45, 2.75) is 12.8 Å². The standard InChI is InChI=1S/C17H15F3N2O2/c18-12-6-7-13(17(20)16(12)19)22-15(24)10-14(23)21-9-8-11-4-2-1-3-5-11/h1-7H,8-10H2,(H,21,23)(H,22,24). The van der Waals surface area contributed by atoms with Crippen LogP contribution in [0, 0.1) is 17.5 Å². The maximum Gasteiger partial charge on any atom is 0.233 e. The number of amides is 2. The molecule has 0 aromatic heterocycles. The Kier molecular flexibility index (Phi) is 5.95. The molecule has 0 saturated heterocycles. The van der Waals surface area contributed by atoms with Crippen molar-refractivity contribution in [2.75, 3.05) is 11.9 Å². The van der Waals surface area contributed by atoms with Gasteiger partial charge in [0, 0.05) is 6.54 Å². The maximum absolute atomic E-state index is 13.4. The van der Waals surface area contributed by atoms with Crippen LogP contribution in [-0.4, -0.2) is 18.4 Å². The SMILES string of the molecule is O=C(CC(=O)Nc1ccc(F)c(F)c1F)NCCc1ccccc1. The zero-order chi connectivity index (χ0) is 17.5. The van der Waals surface area contributed by atoms with Crippen LogP contribution >= 0.6 is 0 Å². The molecule has 0 aliphatic carbocycles. The number of carbonyl (C=O) groups is 2. The van der Waals surface area contributed by atoms with Crippen molar-refractivity contribution in [3.05, 3.63) is 65.5 Å². The predicted octanol–water partition coefficient (Wildman–Crippen LogP) is 2.79. The second-order valence-corrected chi connectivity index (χ2v) is 5.03. The van der Waals surface area contributed by atoms with Crippen LogP contribution in [0.2, 0.25) is 0 Å². The van der Waals surface area contributed by atoms with E-state index in [-0.39, 0.29) is 0 Å². The summed E-state index contributed by atoms with van der Waals surface area (Å²) in [4.78, 5) is 23.3. The number of hydrogen-bond acceptors (Lipinski definition) is 2. The molecule has 2 N–H and O–H groups in total. The van der Waals surface area contributed by atoms with Gasteiger partial charge in [0.1, 0.15) is 6.42 Å². The molecule has 0 unspecified atom stereocenters. The largest absolute Gasteiger partial charge is 0.355 e. The van der Waals surface area contributed by atoms with E-state index >= 15 is 0 Å². The van der Waals surface area contributed by atoms with E-state index in [2.05, 4.69) is 5.32 Å². The average molecular weight is 336 g/mol. The van der Waals surface area contributed by atoms with Crippen molar-refractivity contribution >= 4 is 17.5 Å². The van der Waals surface area contributed by atoms with Crippen LogP contribution < -0.4 is 10.6 Å². The lowest BCUT2D eigenvalue weighted by molar-refractivity contribution is -0.126. The molecule has 0 atom stereocenters. The molecule has 126 valence electrons. The molecule has 2 rings (SSSR count). The van der Waals surface area contributed by atoms with E-state index in [1.165, 1.54) is 0 Å². The van der Waals surface area contributed by atoms with Gasteiger partial charge in [0.05, 0.1) is 5.69 Å². The van der Waals surface area contributed by atoms with E-state index in [9.17, 15) is 22.8 Å². The van der Waals surface area contributed by atoms with Gasteiger partial charge in [-0.25, -0.2) is 13.2 Å². The lowest BCUT2D eigenvalue weighted by atomic mass is 10.1. The van der Waals surface area contributed by atoms with E-state index in [0.29, 0.717) is 19.0 Å². The summed E-state index contributed by atoms with van der Waals surface area (Å²) < 4.78 is 39.3. The highest BCUT2D eigenvalue weighted by atomic mass is 19.2. The molecule has 2 aromatic carbocycles. The molecule has 7 heteroatoms. The molecule has 0 aliphatic heterocycles. The molecule has 4 nitrogen and oxygen atoms in total. The van der Waals surface area contributed by atoms with Gasteiger partial charge >= 0.3 is 0 Å². The number of rotatable bonds is 6. The third-order valence-corrected chi connectivity index (χ3v) is 3.21. The number of carbonyl (C=O) groups excluding carboxylic acids is 2. The summed E-state index contributed by atoms with van der Waals surface area (Å²) in [5.74, 6) is -5.92. The first-order valence-corrected chi connectivity index (χ1v) is 7.21. The van der Waals surface area contributed by atoms with Crippen molar-refractivity contribution in [1.82, 2.24) is 5.32 Å². The molecule has 0 saturated carbocycles. The Hall–Kier alpha value is -2.83. The fourth-order valence-corrected chi connectivity index (χ4v) is 2.02. The van der Waals surface area contributed by atoms with Crippen molar-refractivity contribution in [3.63, 3.8) is 0 Å². The summed E-state index contributed by atoms with van der Waals surface area (Å²) >= 11 is 0. The number of benzene rings is 2. The molecule has 0 heterocycles. The highest BCUT2D eigenvalue weighted by molar-refractivity contribution is 6.03. The Morgan fingerprint density at radius 3 is 2.29 bits per heavy atom. The lowest BCUT2D eigenvalue weighted by Crippen LogP contribution is -2.29. The van der Waals surface area contributed by atoms with Gasteiger partial charge in [0.2, 0.25) is 11.8 Å². The summed E-state index contributed by atoms with van der Waals surface area (Å²) in [5, 5.41) is 4.59. The molecule has 24 heavy (non-hydrogen) atoms. The van der Waals surface area contributed by atoms with Gasteiger partial charge in [0.15, 0.2) is 17.5 Å². The highest BCUT2D eigenvalue weighted by Crippen LogP contribution is 2.19. The molecule has 2 aromatic rings. The molecule has 0 spiro atoms. The molecule has 0 fully saturated rings. The van der Waals surface area contributed by atoms with E-state index in [0.717, 1.165) is 11.6 Å². The summed E-state index contributed by atoms with van der Waals surface area (Å²) in [6.45, 7) is 0.343. The van der Waals surface area contributed by atoms with Gasteiger partial charge in [0.25, 0.3) is 0 Å². The quantitative estimate of drug-likeness (QED) is 0.629. The van der Waals surface area contributed by atoms with Crippen molar-refractivity contribution in [2.24, 2.45) is 0 Å². The van der Waals surface area contributed by atoms with Gasteiger partial charge in [-0.2, -0.15) is 0 Å². The monoisotopic (exact) mass is 336 g/mol. The highest BCUT2D eigenvalue weighted by Gasteiger charge is 2.16. The predicted molar refractivity (Wildman–Crippen MR) is 82.7 cm³/mol. The van der Waals surface area contributed by atoms with Crippen LogP contribution in [0.15, 0.2) is 42.5 Å². The molecular formula is C17H15F3N2O2. The number of nitrogens with one attached hydrogen (secondary N) is 2. The summed E-state index contributed by atoms with van der Waals surface area (Å²) in [6, 6.07) is 11.0. The zero-order valence-electron chi connectivity index (χ0n) is 12.6. The van der Waals surface area contributed by atoms with Gasteiger partial charge in [-0.15, -0.1) is 0 Å². The average Bonchev–Trinajstić information content (AvgIpc) is 2.56. The molecule has 0 bridgehead atoms. The first-order valence-electron chi connectivity index (χ1n) is 7.21. The number of anilines is 1. The normalized spacial score (nSPS) is 10.3. The second-order valence-electron chi connectivity index (χ2n) is 5.03. The minimum absolute atomic E-state index is 0.343. The minimum atomic E-state index is -1.68. The summed E-state index contributed by atoms with van der Waals surface area (Å²) in [7, 11) is 0. The van der Waals surface area contributed by atoms with Gasteiger partial charge in [-0.05, 0) is 24.1 Å². The third-order valence-electron chi connectivity index (χ3n) is 3.21. The van der Waals surface area contributed by atoms with Crippen molar-refractivity contribution < 1.29 is 22.8 Å². The Labute approximate surface area is 136 Å². The van der Waals surface area contributed by atoms with E-state index in [1.54, 1.807) is 0 Å². The summed E-state index contributed by atoms with van der Waals surface area (Å²) in [6.07, 6.45) is 0.0548. The van der Waals surface area contributed by atoms with Gasteiger partial charge in [-0.1, -0.05) is 30.3 Å². The number of halogens is 3. The first-order chi connectivity index (χ1) is 11.5. The van der Waals surface area contributed by atoms with Crippen LogP contribution in [0.1, 0.15) is 12.0 Å². The molecule has 0 radical (unpaired) electrons. The fourth-order valence-electron chi connectivity index (χ4n) is 2.02. The van der Waals surface area contributed by atoms with Gasteiger partial charge in [-0.3, -0.25) is 9.59 Å². The first kappa shape index (κ1) is 17.5. The Morgan fingerprint density at radius 2 is 1.58 bits per heavy atom. The van der Waals surface area contributed by atoms with Crippen LogP contribution in [0.4, 0.5) is 18.9 Å². The van der Waals surface area contributed by atoms with E-state index < -0.39 is 41.4 Å². The van der Waals surface area contributed by atoms with Crippen LogP contribution in [-0.2, 0) is 16.0 Å². The Morgan fingerprint density at radius 1 is 0.875 bits per heavy atom. The molecular weight excluding hydrogens is 321 g/mol. The van der Waals surface area contributed by atoms with Crippen molar-refractivity contribution in [3.8, 4) is 0 Å². The molecule has 0 aliphatic rings. The van der Waals surface area contributed by atoms with Crippen LogP contribution in [0.5, 0.6) is 0 Å². The Bertz CT molecular complexity index is 736. The third kappa shape index (κ3) is 4.84. The Balaban J connectivity index is 1.80. The lowest BCUT2D eigenvalue weighted by Gasteiger charge is -2.08. The van der Waals surface area contributed by atoms with Crippen molar-refractivity contribution in [1.29, 1.82) is 0 Å². The maximum atomic E-state index is 13.4. The fraction of sp³-hybridized carbons (Fsp3) is 0.176. The molecule has 2 amide bonds. The van der Waals surface area contributed by atoms with Crippen LogP contribution in [0.25, 0.3) is 0 Å². The topological polar surface area (TPSA) is 58.2 Å². The van der Waals surface area contributed by atoms with Gasteiger partial charge < -0.3 is 10.6 Å². The van der Waals surface area contributed by atoms with E-state index in [1.807, 2.05) is 35.6 Å². The smallest absolute Gasteiger partial charge is 0.233 e. The zero-order valence-corrected chi connectivity index (χ0v) is 12.6. The summed E-state index contributed by atoms with van der Waals surface area (Å²) in [5.41, 5.74) is 0.516. The number of hydrogen-bond donors (Lipinski definition) is 2. The van der Waals surface area contributed by atoms with Crippen LogP contribution in [0.3, 0.4) is 0 Å².